The van der Waals surface area contributed by atoms with Gasteiger partial charge >= 0.3 is 5.97 Å². The highest BCUT2D eigenvalue weighted by molar-refractivity contribution is 7.13. The highest BCUT2D eigenvalue weighted by Crippen LogP contribution is 2.31. The number of hydrogen-bond acceptors (Lipinski definition) is 5. The quantitative estimate of drug-likeness (QED) is 0.826. The summed E-state index contributed by atoms with van der Waals surface area (Å²) in [6.07, 6.45) is 3.41. The second-order valence-electron chi connectivity index (χ2n) is 6.05. The highest BCUT2D eigenvalue weighted by Gasteiger charge is 2.28. The van der Waals surface area contributed by atoms with Crippen LogP contribution in [0.4, 0.5) is 0 Å². The molecule has 0 spiro atoms. The maximum atomic E-state index is 12.6. The van der Waals surface area contributed by atoms with Crippen molar-refractivity contribution >= 4 is 23.2 Å². The van der Waals surface area contributed by atoms with Crippen LogP contribution in [0.1, 0.15) is 52.2 Å². The Hall–Kier alpha value is -2.25. The van der Waals surface area contributed by atoms with Gasteiger partial charge in [0.2, 0.25) is 0 Å². The van der Waals surface area contributed by atoms with E-state index in [2.05, 4.69) is 10.3 Å². The van der Waals surface area contributed by atoms with Crippen LogP contribution in [0.3, 0.4) is 0 Å². The van der Waals surface area contributed by atoms with E-state index in [-0.39, 0.29) is 12.0 Å². The largest absolute Gasteiger partial charge is 0.481 e. The minimum absolute atomic E-state index is 0.0330. The van der Waals surface area contributed by atoms with Crippen molar-refractivity contribution in [1.29, 1.82) is 0 Å². The van der Waals surface area contributed by atoms with Crippen molar-refractivity contribution < 1.29 is 19.4 Å². The molecule has 3 rings (SSSR count). The zero-order valence-electron chi connectivity index (χ0n) is 13.8. The topological polar surface area (TPSA) is 88.5 Å². The molecule has 0 radical (unpaired) electrons. The van der Waals surface area contributed by atoms with Crippen LogP contribution in [-0.4, -0.2) is 28.6 Å². The standard InChI is InChI=1S/C18H20N2O4S/c1-11(18(22)23)15(12-6-3-2-4-7-12)20-16(21)14-10-19-17(25-14)13-8-5-9-24-13/h2-4,6-7,10-11,13,15H,5,8-9H2,1H3,(H,20,21)(H,22,23). The number of ether oxygens (including phenoxy) is 1. The normalized spacial score (nSPS) is 19.3. The van der Waals surface area contributed by atoms with Crippen molar-refractivity contribution in [3.63, 3.8) is 0 Å². The van der Waals surface area contributed by atoms with Crippen molar-refractivity contribution in [2.45, 2.75) is 31.9 Å². The summed E-state index contributed by atoms with van der Waals surface area (Å²) in [5.41, 5.74) is 0.759. The first-order valence-corrected chi connectivity index (χ1v) is 9.04. The number of carboxylic acid groups (broad SMARTS) is 1. The zero-order valence-corrected chi connectivity index (χ0v) is 14.7. The molecule has 1 aliphatic rings. The molecular formula is C18H20N2O4S. The van der Waals surface area contributed by atoms with Gasteiger partial charge in [-0.2, -0.15) is 0 Å². The number of carbonyl (C=O) groups excluding carboxylic acids is 1. The number of amides is 1. The summed E-state index contributed by atoms with van der Waals surface area (Å²) in [6, 6.07) is 8.52. The summed E-state index contributed by atoms with van der Waals surface area (Å²) in [5, 5.41) is 13.0. The van der Waals surface area contributed by atoms with Gasteiger partial charge in [0.05, 0.1) is 18.2 Å². The number of aromatic nitrogens is 1. The molecule has 1 aliphatic heterocycles. The van der Waals surface area contributed by atoms with Crippen LogP contribution in [0.15, 0.2) is 36.5 Å². The first-order chi connectivity index (χ1) is 12.1. The van der Waals surface area contributed by atoms with Gasteiger partial charge in [-0.1, -0.05) is 30.3 Å². The smallest absolute Gasteiger partial charge is 0.308 e. The Morgan fingerprint density at radius 3 is 2.76 bits per heavy atom. The van der Waals surface area contributed by atoms with E-state index in [1.165, 1.54) is 17.5 Å². The molecule has 2 heterocycles. The van der Waals surface area contributed by atoms with Crippen LogP contribution < -0.4 is 5.32 Å². The van der Waals surface area contributed by atoms with Crippen molar-refractivity contribution in [3.8, 4) is 0 Å². The summed E-state index contributed by atoms with van der Waals surface area (Å²) in [5.74, 6) is -2.03. The maximum Gasteiger partial charge on any atom is 0.308 e. The van der Waals surface area contributed by atoms with Gasteiger partial charge in [-0.25, -0.2) is 4.98 Å². The molecule has 1 saturated heterocycles. The van der Waals surface area contributed by atoms with E-state index < -0.39 is 17.9 Å². The monoisotopic (exact) mass is 360 g/mol. The summed E-state index contributed by atoms with van der Waals surface area (Å²) in [4.78, 5) is 28.8. The molecule has 25 heavy (non-hydrogen) atoms. The lowest BCUT2D eigenvalue weighted by Gasteiger charge is -2.22. The molecule has 7 heteroatoms. The van der Waals surface area contributed by atoms with Gasteiger partial charge in [0.25, 0.3) is 5.91 Å². The van der Waals surface area contributed by atoms with E-state index in [0.717, 1.165) is 30.0 Å². The number of nitrogens with one attached hydrogen (secondary N) is 1. The first-order valence-electron chi connectivity index (χ1n) is 8.22. The van der Waals surface area contributed by atoms with Crippen molar-refractivity contribution in [2.24, 2.45) is 5.92 Å². The Morgan fingerprint density at radius 1 is 1.36 bits per heavy atom. The number of benzene rings is 1. The van der Waals surface area contributed by atoms with E-state index >= 15 is 0 Å². The number of carbonyl (C=O) groups is 2. The van der Waals surface area contributed by atoms with Crippen molar-refractivity contribution in [1.82, 2.24) is 10.3 Å². The lowest BCUT2D eigenvalue weighted by atomic mass is 9.94. The molecule has 1 fully saturated rings. The predicted molar refractivity (Wildman–Crippen MR) is 93.5 cm³/mol. The van der Waals surface area contributed by atoms with Crippen LogP contribution in [0.2, 0.25) is 0 Å². The summed E-state index contributed by atoms with van der Waals surface area (Å²) in [6.45, 7) is 2.31. The van der Waals surface area contributed by atoms with E-state index in [4.69, 9.17) is 4.74 Å². The van der Waals surface area contributed by atoms with Crippen molar-refractivity contribution in [2.75, 3.05) is 6.61 Å². The lowest BCUT2D eigenvalue weighted by molar-refractivity contribution is -0.142. The van der Waals surface area contributed by atoms with Gasteiger partial charge in [-0.3, -0.25) is 9.59 Å². The van der Waals surface area contributed by atoms with Crippen LogP contribution in [0.25, 0.3) is 0 Å². The summed E-state index contributed by atoms with van der Waals surface area (Å²) in [7, 11) is 0. The Kier molecular flexibility index (Phi) is 5.45. The van der Waals surface area contributed by atoms with Crippen LogP contribution in [0, 0.1) is 5.92 Å². The molecule has 1 amide bonds. The third kappa shape index (κ3) is 4.05. The Labute approximate surface area is 149 Å². The number of nitrogens with zero attached hydrogens (tertiary/aromatic N) is 1. The second-order valence-corrected chi connectivity index (χ2v) is 7.12. The second kappa shape index (κ2) is 7.76. The van der Waals surface area contributed by atoms with Gasteiger partial charge in [-0.15, -0.1) is 11.3 Å². The number of rotatable bonds is 6. The van der Waals surface area contributed by atoms with Gasteiger partial charge in [0.1, 0.15) is 16.0 Å². The van der Waals surface area contributed by atoms with Crippen LogP contribution in [0.5, 0.6) is 0 Å². The minimum atomic E-state index is -0.960. The molecule has 6 nitrogen and oxygen atoms in total. The molecule has 2 N–H and O–H groups in total. The zero-order chi connectivity index (χ0) is 17.8. The average molecular weight is 360 g/mol. The lowest BCUT2D eigenvalue weighted by Crippen LogP contribution is -2.35. The molecular weight excluding hydrogens is 340 g/mol. The van der Waals surface area contributed by atoms with E-state index in [1.54, 1.807) is 6.92 Å². The Balaban J connectivity index is 1.77. The number of carboxylic acids is 1. The molecule has 1 aromatic carbocycles. The fraction of sp³-hybridized carbons (Fsp3) is 0.389. The van der Waals surface area contributed by atoms with Gasteiger partial charge in [0.15, 0.2) is 0 Å². The Bertz CT molecular complexity index is 741. The van der Waals surface area contributed by atoms with Gasteiger partial charge in [-0.05, 0) is 25.3 Å². The van der Waals surface area contributed by atoms with Gasteiger partial charge in [0, 0.05) is 6.61 Å². The molecule has 3 atom stereocenters. The maximum absolute atomic E-state index is 12.6. The van der Waals surface area contributed by atoms with Crippen LogP contribution in [-0.2, 0) is 9.53 Å². The number of thiazole rings is 1. The first kappa shape index (κ1) is 17.6. The minimum Gasteiger partial charge on any atom is -0.481 e. The fourth-order valence-corrected chi connectivity index (χ4v) is 3.73. The SMILES string of the molecule is CC(C(=O)O)C(NC(=O)c1cnc(C2CCCO2)s1)c1ccccc1. The third-order valence-corrected chi connectivity index (χ3v) is 5.38. The molecule has 0 saturated carbocycles. The van der Waals surface area contributed by atoms with E-state index in [1.807, 2.05) is 30.3 Å². The predicted octanol–water partition coefficient (Wildman–Crippen LogP) is 3.19. The summed E-state index contributed by atoms with van der Waals surface area (Å²) < 4.78 is 5.59. The Morgan fingerprint density at radius 2 is 2.12 bits per heavy atom. The van der Waals surface area contributed by atoms with Crippen LogP contribution >= 0.6 is 11.3 Å². The average Bonchev–Trinajstić information content (AvgIpc) is 3.30. The number of aliphatic carboxylic acids is 1. The molecule has 0 aliphatic carbocycles. The molecule has 2 aromatic rings. The summed E-state index contributed by atoms with van der Waals surface area (Å²) >= 11 is 1.30. The molecule has 132 valence electrons. The fourth-order valence-electron chi connectivity index (χ4n) is 2.83. The molecule has 0 bridgehead atoms. The third-order valence-electron chi connectivity index (χ3n) is 4.29. The molecule has 3 unspecified atom stereocenters. The van der Waals surface area contributed by atoms with E-state index in [0.29, 0.717) is 4.88 Å². The molecule has 1 aromatic heterocycles. The van der Waals surface area contributed by atoms with E-state index in [9.17, 15) is 14.7 Å². The van der Waals surface area contributed by atoms with Crippen molar-refractivity contribution in [3.05, 3.63) is 52.0 Å². The van der Waals surface area contributed by atoms with Gasteiger partial charge < -0.3 is 15.2 Å². The highest BCUT2D eigenvalue weighted by atomic mass is 32.1. The number of hydrogen-bond donors (Lipinski definition) is 2.